The number of hydrogen-bond donors (Lipinski definition) is 1. The average Bonchev–Trinajstić information content (AvgIpc) is 2.17. The van der Waals surface area contributed by atoms with Crippen LogP contribution in [-0.4, -0.2) is 11.6 Å². The second-order valence-electron chi connectivity index (χ2n) is 3.06. The van der Waals surface area contributed by atoms with Crippen molar-refractivity contribution in [3.05, 3.63) is 30.5 Å². The summed E-state index contributed by atoms with van der Waals surface area (Å²) in [7, 11) is 0. The summed E-state index contributed by atoms with van der Waals surface area (Å²) < 4.78 is 5.39. The topological polar surface area (TPSA) is 48.1 Å². The Morgan fingerprint density at radius 3 is 3.00 bits per heavy atom. The smallest absolute Gasteiger partial charge is 0.120 e. The molecule has 0 aliphatic heterocycles. The number of benzene rings is 1. The van der Waals surface area contributed by atoms with Gasteiger partial charge in [-0.05, 0) is 31.2 Å². The zero-order valence-electron chi connectivity index (χ0n) is 8.03. The molecule has 0 bridgehead atoms. The van der Waals surface area contributed by atoms with E-state index in [2.05, 4.69) is 4.98 Å². The summed E-state index contributed by atoms with van der Waals surface area (Å²) in [4.78, 5) is 4.20. The van der Waals surface area contributed by atoms with E-state index in [1.165, 1.54) is 0 Å². The fraction of sp³-hybridized carbons (Fsp3) is 0.182. The molecule has 1 aromatic heterocycles. The van der Waals surface area contributed by atoms with Gasteiger partial charge in [0, 0.05) is 5.39 Å². The molecule has 2 N–H and O–H groups in total. The number of anilines is 1. The van der Waals surface area contributed by atoms with Gasteiger partial charge in [0.1, 0.15) is 5.75 Å². The number of pyridine rings is 1. The molecular weight excluding hydrogens is 176 g/mol. The standard InChI is InChI=1S/C11H12N2O/c1-2-14-10-3-4-11-8(6-10)5-9(12)7-13-11/h3-7H,2,12H2,1H3. The summed E-state index contributed by atoms with van der Waals surface area (Å²) in [6, 6.07) is 7.68. The zero-order chi connectivity index (χ0) is 9.97. The lowest BCUT2D eigenvalue weighted by atomic mass is 10.2. The lowest BCUT2D eigenvalue weighted by Crippen LogP contribution is -1.92. The second kappa shape index (κ2) is 3.54. The Kier molecular flexibility index (Phi) is 2.23. The number of nitrogens with zero attached hydrogens (tertiary/aromatic N) is 1. The Hall–Kier alpha value is -1.77. The molecule has 0 saturated heterocycles. The largest absolute Gasteiger partial charge is 0.494 e. The Morgan fingerprint density at radius 1 is 1.36 bits per heavy atom. The first-order valence-corrected chi connectivity index (χ1v) is 4.57. The summed E-state index contributed by atoms with van der Waals surface area (Å²) in [6.07, 6.45) is 1.66. The molecule has 72 valence electrons. The molecule has 0 amide bonds. The van der Waals surface area contributed by atoms with Crippen molar-refractivity contribution in [1.29, 1.82) is 0 Å². The molecule has 0 fully saturated rings. The van der Waals surface area contributed by atoms with Gasteiger partial charge in [-0.1, -0.05) is 0 Å². The van der Waals surface area contributed by atoms with Crippen molar-refractivity contribution in [3.8, 4) is 5.75 Å². The van der Waals surface area contributed by atoms with E-state index >= 15 is 0 Å². The molecule has 0 aliphatic rings. The maximum absolute atomic E-state index is 5.64. The van der Waals surface area contributed by atoms with Gasteiger partial charge in [-0.3, -0.25) is 4.98 Å². The number of hydrogen-bond acceptors (Lipinski definition) is 3. The van der Waals surface area contributed by atoms with Crippen LogP contribution in [0.1, 0.15) is 6.92 Å². The Morgan fingerprint density at radius 2 is 2.21 bits per heavy atom. The molecule has 3 nitrogen and oxygen atoms in total. The van der Waals surface area contributed by atoms with Gasteiger partial charge in [-0.25, -0.2) is 0 Å². The first-order valence-electron chi connectivity index (χ1n) is 4.57. The quantitative estimate of drug-likeness (QED) is 0.786. The molecule has 0 unspecified atom stereocenters. The maximum Gasteiger partial charge on any atom is 0.120 e. The lowest BCUT2D eigenvalue weighted by Gasteiger charge is -2.04. The normalized spacial score (nSPS) is 10.4. The minimum absolute atomic E-state index is 0.668. The second-order valence-corrected chi connectivity index (χ2v) is 3.06. The van der Waals surface area contributed by atoms with Crippen LogP contribution < -0.4 is 10.5 Å². The minimum atomic E-state index is 0.668. The van der Waals surface area contributed by atoms with E-state index in [1.807, 2.05) is 31.2 Å². The van der Waals surface area contributed by atoms with Gasteiger partial charge in [0.2, 0.25) is 0 Å². The van der Waals surface area contributed by atoms with Gasteiger partial charge >= 0.3 is 0 Å². The van der Waals surface area contributed by atoms with Crippen molar-refractivity contribution < 1.29 is 4.74 Å². The molecule has 0 saturated carbocycles. The summed E-state index contributed by atoms with van der Waals surface area (Å²) in [5.74, 6) is 0.854. The number of aromatic nitrogens is 1. The molecule has 2 aromatic rings. The van der Waals surface area contributed by atoms with Gasteiger partial charge in [0.15, 0.2) is 0 Å². The Balaban J connectivity index is 2.52. The lowest BCUT2D eigenvalue weighted by molar-refractivity contribution is 0.340. The van der Waals surface area contributed by atoms with E-state index in [0.717, 1.165) is 16.7 Å². The average molecular weight is 188 g/mol. The molecular formula is C11H12N2O. The molecule has 1 heterocycles. The monoisotopic (exact) mass is 188 g/mol. The summed E-state index contributed by atoms with van der Waals surface area (Å²) in [5, 5.41) is 1.01. The molecule has 0 atom stereocenters. The van der Waals surface area contributed by atoms with Crippen LogP contribution in [-0.2, 0) is 0 Å². The summed E-state index contributed by atoms with van der Waals surface area (Å²) in [5.41, 5.74) is 7.25. The van der Waals surface area contributed by atoms with Crippen molar-refractivity contribution in [1.82, 2.24) is 4.98 Å². The highest BCUT2D eigenvalue weighted by molar-refractivity contribution is 5.82. The van der Waals surface area contributed by atoms with E-state index in [-0.39, 0.29) is 0 Å². The fourth-order valence-corrected chi connectivity index (χ4v) is 1.38. The molecule has 14 heavy (non-hydrogen) atoms. The predicted molar refractivity (Wildman–Crippen MR) is 57.3 cm³/mol. The van der Waals surface area contributed by atoms with E-state index in [4.69, 9.17) is 10.5 Å². The first-order chi connectivity index (χ1) is 6.79. The van der Waals surface area contributed by atoms with Crippen LogP contribution in [0, 0.1) is 0 Å². The van der Waals surface area contributed by atoms with Gasteiger partial charge in [-0.2, -0.15) is 0 Å². The predicted octanol–water partition coefficient (Wildman–Crippen LogP) is 2.22. The molecule has 0 aliphatic carbocycles. The molecule has 1 aromatic carbocycles. The molecule has 0 radical (unpaired) electrons. The van der Waals surface area contributed by atoms with E-state index < -0.39 is 0 Å². The van der Waals surface area contributed by atoms with Crippen molar-refractivity contribution in [2.45, 2.75) is 6.92 Å². The Bertz CT molecular complexity index is 454. The summed E-state index contributed by atoms with van der Waals surface area (Å²) >= 11 is 0. The Labute approximate surface area is 82.5 Å². The fourth-order valence-electron chi connectivity index (χ4n) is 1.38. The molecule has 2 rings (SSSR count). The number of rotatable bonds is 2. The van der Waals surface area contributed by atoms with Gasteiger partial charge in [-0.15, -0.1) is 0 Å². The van der Waals surface area contributed by atoms with Crippen molar-refractivity contribution in [3.63, 3.8) is 0 Å². The first kappa shape index (κ1) is 8.81. The van der Waals surface area contributed by atoms with Crippen molar-refractivity contribution >= 4 is 16.6 Å². The third-order valence-electron chi connectivity index (χ3n) is 1.98. The van der Waals surface area contributed by atoms with E-state index in [1.54, 1.807) is 6.20 Å². The van der Waals surface area contributed by atoms with Crippen molar-refractivity contribution in [2.24, 2.45) is 0 Å². The van der Waals surface area contributed by atoms with Crippen LogP contribution in [0.2, 0.25) is 0 Å². The van der Waals surface area contributed by atoms with Crippen LogP contribution in [0.5, 0.6) is 5.75 Å². The van der Waals surface area contributed by atoms with Crippen LogP contribution in [0.3, 0.4) is 0 Å². The highest BCUT2D eigenvalue weighted by atomic mass is 16.5. The molecule has 3 heteroatoms. The minimum Gasteiger partial charge on any atom is -0.494 e. The van der Waals surface area contributed by atoms with Crippen LogP contribution >= 0.6 is 0 Å². The summed E-state index contributed by atoms with van der Waals surface area (Å²) in [6.45, 7) is 2.63. The van der Waals surface area contributed by atoms with E-state index in [0.29, 0.717) is 12.3 Å². The highest BCUT2D eigenvalue weighted by Crippen LogP contribution is 2.20. The van der Waals surface area contributed by atoms with Crippen LogP contribution in [0.15, 0.2) is 30.5 Å². The number of ether oxygens (including phenoxy) is 1. The third-order valence-corrected chi connectivity index (χ3v) is 1.98. The number of fused-ring (bicyclic) bond motifs is 1. The van der Waals surface area contributed by atoms with Crippen LogP contribution in [0.4, 0.5) is 5.69 Å². The van der Waals surface area contributed by atoms with Gasteiger partial charge in [0.25, 0.3) is 0 Å². The number of nitrogen functional groups attached to an aromatic ring is 1. The van der Waals surface area contributed by atoms with Crippen LogP contribution in [0.25, 0.3) is 10.9 Å². The van der Waals surface area contributed by atoms with Crippen molar-refractivity contribution in [2.75, 3.05) is 12.3 Å². The molecule has 0 spiro atoms. The maximum atomic E-state index is 5.64. The van der Waals surface area contributed by atoms with Gasteiger partial charge < -0.3 is 10.5 Å². The van der Waals surface area contributed by atoms with Gasteiger partial charge in [0.05, 0.1) is 24.0 Å². The SMILES string of the molecule is CCOc1ccc2ncc(N)cc2c1. The van der Waals surface area contributed by atoms with E-state index in [9.17, 15) is 0 Å². The highest BCUT2D eigenvalue weighted by Gasteiger charge is 1.98. The third kappa shape index (κ3) is 1.62. The number of nitrogens with two attached hydrogens (primary N) is 1. The zero-order valence-corrected chi connectivity index (χ0v) is 8.03.